The van der Waals surface area contributed by atoms with E-state index in [9.17, 15) is 24.3 Å². The number of amides is 2. The fourth-order valence-electron chi connectivity index (χ4n) is 7.02. The summed E-state index contributed by atoms with van der Waals surface area (Å²) >= 11 is 0. The van der Waals surface area contributed by atoms with Gasteiger partial charge in [0.05, 0.1) is 17.9 Å². The normalized spacial score (nSPS) is 18.0. The van der Waals surface area contributed by atoms with Crippen LogP contribution in [0.5, 0.6) is 0 Å². The average molecular weight is 672 g/mol. The number of aliphatic hydroxyl groups excluding tert-OH is 1. The lowest BCUT2D eigenvalue weighted by Gasteiger charge is -2.25. The Morgan fingerprint density at radius 3 is 2.18 bits per heavy atom. The molecule has 5 unspecified atom stereocenters. The Hall–Kier alpha value is -5.41. The number of allylic oxidation sites excluding steroid dienone is 4. The Balaban J connectivity index is 1.21. The Labute approximate surface area is 291 Å². The van der Waals surface area contributed by atoms with E-state index in [-0.39, 0.29) is 43.5 Å². The van der Waals surface area contributed by atoms with Crippen molar-refractivity contribution < 1.29 is 29.0 Å². The summed E-state index contributed by atoms with van der Waals surface area (Å²) in [5.74, 6) is -2.45. The third kappa shape index (κ3) is 7.74. The molecule has 3 aromatic rings. The van der Waals surface area contributed by atoms with Crippen LogP contribution in [-0.4, -0.2) is 59.2 Å². The third-order valence-electron chi connectivity index (χ3n) is 9.60. The number of nitrogens with zero attached hydrogens (tertiary/aromatic N) is 1. The first-order valence-corrected chi connectivity index (χ1v) is 17.0. The number of carbonyl (C=O) groups is 4. The lowest BCUT2D eigenvalue weighted by Crippen LogP contribution is -2.50. The van der Waals surface area contributed by atoms with Gasteiger partial charge in [-0.25, -0.2) is 4.79 Å². The first kappa shape index (κ1) is 34.5. The SMILES string of the molecule is CC(=O)C(NC(=O)C(CC(=O)C(CC1=CN=C2C=CC=CC12)NC(=O)OCC1c2ccccc2-c2ccccc21)Cc1ccccc1)C(C)O. The highest BCUT2D eigenvalue weighted by molar-refractivity contribution is 6.03. The molecule has 0 radical (unpaired) electrons. The zero-order valence-electron chi connectivity index (χ0n) is 28.1. The summed E-state index contributed by atoms with van der Waals surface area (Å²) in [6.45, 7) is 2.81. The number of hydrogen-bond acceptors (Lipinski definition) is 7. The second kappa shape index (κ2) is 15.4. The molecule has 256 valence electrons. The van der Waals surface area contributed by atoms with Crippen LogP contribution in [0.1, 0.15) is 49.3 Å². The molecule has 1 aliphatic heterocycles. The van der Waals surface area contributed by atoms with Gasteiger partial charge in [0, 0.05) is 30.4 Å². The molecule has 6 rings (SSSR count). The van der Waals surface area contributed by atoms with Crippen molar-refractivity contribution in [3.05, 3.63) is 132 Å². The van der Waals surface area contributed by atoms with Gasteiger partial charge in [-0.15, -0.1) is 0 Å². The summed E-state index contributed by atoms with van der Waals surface area (Å²) in [4.78, 5) is 58.1. The van der Waals surface area contributed by atoms with Gasteiger partial charge in [0.2, 0.25) is 5.91 Å². The number of aliphatic imine (C=N–C) groups is 1. The second-order valence-corrected chi connectivity index (χ2v) is 13.1. The molecule has 3 aromatic carbocycles. The molecule has 50 heavy (non-hydrogen) atoms. The van der Waals surface area contributed by atoms with Crippen LogP contribution < -0.4 is 10.6 Å². The highest BCUT2D eigenvalue weighted by atomic mass is 16.5. The van der Waals surface area contributed by atoms with Crippen LogP contribution in [0.15, 0.2) is 120 Å². The number of aliphatic hydroxyl groups is 1. The van der Waals surface area contributed by atoms with Crippen LogP contribution in [0.25, 0.3) is 11.1 Å². The number of benzene rings is 3. The molecular weight excluding hydrogens is 630 g/mol. The number of nitrogens with one attached hydrogen (secondary N) is 2. The van der Waals surface area contributed by atoms with Crippen LogP contribution in [0.3, 0.4) is 0 Å². The molecule has 0 fully saturated rings. The van der Waals surface area contributed by atoms with Crippen molar-refractivity contribution in [2.24, 2.45) is 16.8 Å². The van der Waals surface area contributed by atoms with Crippen LogP contribution in [0, 0.1) is 11.8 Å². The molecule has 1 heterocycles. The van der Waals surface area contributed by atoms with Crippen molar-refractivity contribution in [1.82, 2.24) is 10.6 Å². The number of alkyl carbamates (subject to hydrolysis) is 1. The molecule has 0 saturated heterocycles. The van der Waals surface area contributed by atoms with Crippen molar-refractivity contribution in [2.75, 3.05) is 6.61 Å². The minimum Gasteiger partial charge on any atom is -0.449 e. The molecule has 5 atom stereocenters. The number of rotatable bonds is 14. The molecule has 9 heteroatoms. The quantitative estimate of drug-likeness (QED) is 0.203. The Bertz CT molecular complexity index is 1850. The van der Waals surface area contributed by atoms with Gasteiger partial charge in [-0.05, 0) is 66.2 Å². The summed E-state index contributed by atoms with van der Waals surface area (Å²) in [6.07, 6.45) is 7.77. The van der Waals surface area contributed by atoms with E-state index in [0.29, 0.717) is 0 Å². The number of ether oxygens (including phenoxy) is 1. The highest BCUT2D eigenvalue weighted by Crippen LogP contribution is 2.44. The van der Waals surface area contributed by atoms with Gasteiger partial charge < -0.3 is 20.5 Å². The molecule has 3 N–H and O–H groups in total. The summed E-state index contributed by atoms with van der Waals surface area (Å²) < 4.78 is 5.82. The van der Waals surface area contributed by atoms with Gasteiger partial charge >= 0.3 is 6.09 Å². The molecule has 9 nitrogen and oxygen atoms in total. The molecular formula is C41H41N3O6. The second-order valence-electron chi connectivity index (χ2n) is 13.1. The van der Waals surface area contributed by atoms with Crippen molar-refractivity contribution in [1.29, 1.82) is 0 Å². The number of Topliss-reactive ketones (excluding diaryl/α,β-unsaturated/α-hetero) is 2. The minimum absolute atomic E-state index is 0.0811. The zero-order chi connectivity index (χ0) is 35.2. The van der Waals surface area contributed by atoms with Crippen LogP contribution >= 0.6 is 0 Å². The van der Waals surface area contributed by atoms with Gasteiger partial charge in [0.15, 0.2) is 11.6 Å². The smallest absolute Gasteiger partial charge is 0.407 e. The fourth-order valence-corrected chi connectivity index (χ4v) is 7.02. The first-order chi connectivity index (χ1) is 24.2. The molecule has 2 aliphatic carbocycles. The van der Waals surface area contributed by atoms with Gasteiger partial charge in [-0.3, -0.25) is 19.4 Å². The van der Waals surface area contributed by atoms with Gasteiger partial charge in [-0.1, -0.05) is 97.1 Å². The number of hydrogen-bond donors (Lipinski definition) is 3. The van der Waals surface area contributed by atoms with Gasteiger partial charge in [0.25, 0.3) is 0 Å². The van der Waals surface area contributed by atoms with Gasteiger partial charge in [0.1, 0.15) is 12.6 Å². The van der Waals surface area contributed by atoms with Crippen LogP contribution in [0.4, 0.5) is 4.79 Å². The average Bonchev–Trinajstić information content (AvgIpc) is 3.67. The summed E-state index contributed by atoms with van der Waals surface area (Å²) in [5.41, 5.74) is 6.89. The van der Waals surface area contributed by atoms with Crippen LogP contribution in [-0.2, 0) is 25.5 Å². The van der Waals surface area contributed by atoms with Crippen molar-refractivity contribution in [2.45, 2.75) is 57.2 Å². The van der Waals surface area contributed by atoms with E-state index >= 15 is 0 Å². The van der Waals surface area contributed by atoms with E-state index in [0.717, 1.165) is 39.1 Å². The molecule has 0 spiro atoms. The van der Waals surface area contributed by atoms with E-state index in [1.807, 2.05) is 91.0 Å². The van der Waals surface area contributed by atoms with Crippen LogP contribution in [0.2, 0.25) is 0 Å². The van der Waals surface area contributed by atoms with Crippen molar-refractivity contribution in [3.8, 4) is 11.1 Å². The fraction of sp³-hybridized carbons (Fsp3) is 0.293. The maximum atomic E-state index is 14.2. The maximum Gasteiger partial charge on any atom is 0.407 e. The molecule has 0 saturated carbocycles. The third-order valence-corrected chi connectivity index (χ3v) is 9.60. The maximum absolute atomic E-state index is 14.2. The van der Waals surface area contributed by atoms with E-state index in [1.54, 1.807) is 6.20 Å². The molecule has 0 bridgehead atoms. The Morgan fingerprint density at radius 2 is 1.52 bits per heavy atom. The first-order valence-electron chi connectivity index (χ1n) is 17.0. The van der Waals surface area contributed by atoms with E-state index in [2.05, 4.69) is 27.8 Å². The van der Waals surface area contributed by atoms with Crippen molar-refractivity contribution >= 4 is 29.3 Å². The number of fused-ring (bicyclic) bond motifs is 4. The number of carbonyl (C=O) groups excluding carboxylic acids is 4. The number of ketones is 2. The summed E-state index contributed by atoms with van der Waals surface area (Å²) in [5, 5.41) is 15.6. The Morgan fingerprint density at radius 1 is 0.860 bits per heavy atom. The topological polar surface area (TPSA) is 134 Å². The monoisotopic (exact) mass is 671 g/mol. The highest BCUT2D eigenvalue weighted by Gasteiger charge is 2.34. The predicted octanol–water partition coefficient (Wildman–Crippen LogP) is 5.64. The van der Waals surface area contributed by atoms with Crippen molar-refractivity contribution in [3.63, 3.8) is 0 Å². The molecule has 0 aromatic heterocycles. The summed E-state index contributed by atoms with van der Waals surface area (Å²) in [6, 6.07) is 23.2. The minimum atomic E-state index is -1.12. The standard InChI is InChI=1S/C41H41N3O6/c1-25(45)39(26(2)46)44-40(48)28(20-27-12-4-3-5-13-27)22-38(47)37(21-29-23-42-36-19-11-10-14-30(29)36)43-41(49)50-24-35-33-17-8-6-15-31(33)32-16-7-9-18-34(32)35/h3-19,23,25,28,30,35,37,39,45H,20-22,24H2,1-2H3,(H,43,49)(H,44,48). The van der Waals surface area contributed by atoms with E-state index < -0.39 is 41.9 Å². The van der Waals surface area contributed by atoms with E-state index in [1.165, 1.54) is 13.8 Å². The van der Waals surface area contributed by atoms with Gasteiger partial charge in [-0.2, -0.15) is 0 Å². The lowest BCUT2D eigenvalue weighted by atomic mass is 9.85. The Kier molecular flexibility index (Phi) is 10.6. The molecule has 3 aliphatic rings. The zero-order valence-corrected chi connectivity index (χ0v) is 28.1. The summed E-state index contributed by atoms with van der Waals surface area (Å²) in [7, 11) is 0. The molecule has 2 amide bonds. The largest absolute Gasteiger partial charge is 0.449 e. The lowest BCUT2D eigenvalue weighted by molar-refractivity contribution is -0.133. The van der Waals surface area contributed by atoms with E-state index in [4.69, 9.17) is 4.74 Å². The predicted molar refractivity (Wildman–Crippen MR) is 191 cm³/mol.